The van der Waals surface area contributed by atoms with Crippen LogP contribution in [0.15, 0.2) is 12.1 Å². The van der Waals surface area contributed by atoms with Crippen molar-refractivity contribution < 1.29 is 0 Å². The highest BCUT2D eigenvalue weighted by Gasteiger charge is 2.19. The Morgan fingerprint density at radius 2 is 1.28 bits per heavy atom. The molecule has 2 heteroatoms. The van der Waals surface area contributed by atoms with Crippen molar-refractivity contribution in [2.24, 2.45) is 0 Å². The number of hydrogen-bond acceptors (Lipinski definition) is 0. The van der Waals surface area contributed by atoms with Gasteiger partial charge in [0.2, 0.25) is 0 Å². The molecular weight excluding hydrogens is 248 g/mol. The first-order chi connectivity index (χ1) is 7.98. The minimum Gasteiger partial charge on any atom is -0.0693 e. The zero-order valence-electron chi connectivity index (χ0n) is 13.6. The minimum atomic E-state index is -1.02. The third kappa shape index (κ3) is 5.11. The molecule has 0 N–H and O–H groups in total. The van der Waals surface area contributed by atoms with E-state index in [0.29, 0.717) is 0 Å². The van der Waals surface area contributed by atoms with Crippen LogP contribution in [0.5, 0.6) is 0 Å². The van der Waals surface area contributed by atoms with Crippen LogP contribution < -0.4 is 0 Å². The standard InChI is InChI=1S/C16H30Si2/c1-13-9-15(11-17(3,4)5)10-16(14(13)2)12-18(6,7)8/h9-10H,11-12H2,1-8H3. The van der Waals surface area contributed by atoms with Crippen LogP contribution in [0, 0.1) is 13.8 Å². The van der Waals surface area contributed by atoms with Crippen molar-refractivity contribution in [2.45, 2.75) is 65.2 Å². The molecule has 1 rings (SSSR count). The van der Waals surface area contributed by atoms with Crippen LogP contribution >= 0.6 is 0 Å². The van der Waals surface area contributed by atoms with Gasteiger partial charge in [-0.15, -0.1) is 0 Å². The number of hydrogen-bond donors (Lipinski definition) is 0. The van der Waals surface area contributed by atoms with Crippen molar-refractivity contribution in [1.29, 1.82) is 0 Å². The molecule has 0 saturated carbocycles. The molecule has 0 aliphatic carbocycles. The third-order valence-corrected chi connectivity index (χ3v) is 6.20. The van der Waals surface area contributed by atoms with Crippen LogP contribution in [-0.4, -0.2) is 16.1 Å². The topological polar surface area (TPSA) is 0 Å². The highest BCUT2D eigenvalue weighted by atomic mass is 28.3. The van der Waals surface area contributed by atoms with Gasteiger partial charge < -0.3 is 0 Å². The van der Waals surface area contributed by atoms with Gasteiger partial charge in [0.15, 0.2) is 0 Å². The molecule has 0 nitrogen and oxygen atoms in total. The van der Waals surface area contributed by atoms with Crippen LogP contribution in [0.3, 0.4) is 0 Å². The lowest BCUT2D eigenvalue weighted by Gasteiger charge is -2.22. The first kappa shape index (κ1) is 15.7. The molecular formula is C16H30Si2. The Hall–Kier alpha value is -0.346. The highest BCUT2D eigenvalue weighted by molar-refractivity contribution is 6.76. The normalized spacial score (nSPS) is 12.9. The zero-order chi connectivity index (χ0) is 14.1. The minimum absolute atomic E-state index is 1.01. The van der Waals surface area contributed by atoms with Crippen molar-refractivity contribution in [3.63, 3.8) is 0 Å². The van der Waals surface area contributed by atoms with Gasteiger partial charge in [-0.2, -0.15) is 0 Å². The molecule has 0 aliphatic rings. The molecule has 0 aromatic heterocycles. The molecule has 0 aliphatic heterocycles. The van der Waals surface area contributed by atoms with Gasteiger partial charge in [0, 0.05) is 16.1 Å². The Bertz CT molecular complexity index is 420. The Kier molecular flexibility index (Phi) is 4.66. The Morgan fingerprint density at radius 1 is 0.778 bits per heavy atom. The van der Waals surface area contributed by atoms with Gasteiger partial charge >= 0.3 is 0 Å². The van der Waals surface area contributed by atoms with Gasteiger partial charge in [-0.1, -0.05) is 57.0 Å². The molecule has 18 heavy (non-hydrogen) atoms. The van der Waals surface area contributed by atoms with Crippen LogP contribution in [0.1, 0.15) is 22.3 Å². The summed E-state index contributed by atoms with van der Waals surface area (Å²) in [6, 6.07) is 7.55. The summed E-state index contributed by atoms with van der Waals surface area (Å²) in [7, 11) is -2.03. The predicted molar refractivity (Wildman–Crippen MR) is 90.0 cm³/mol. The molecule has 0 saturated heterocycles. The molecule has 0 bridgehead atoms. The summed E-state index contributed by atoms with van der Waals surface area (Å²) in [5, 5.41) is 0. The second kappa shape index (κ2) is 5.34. The number of rotatable bonds is 4. The Labute approximate surface area is 116 Å². The smallest absolute Gasteiger partial charge is 0.0487 e. The van der Waals surface area contributed by atoms with E-state index in [0.717, 1.165) is 0 Å². The van der Waals surface area contributed by atoms with Gasteiger partial charge in [0.25, 0.3) is 0 Å². The maximum Gasteiger partial charge on any atom is 0.0487 e. The third-order valence-electron chi connectivity index (χ3n) is 3.29. The molecule has 0 radical (unpaired) electrons. The van der Waals surface area contributed by atoms with Gasteiger partial charge in [-0.3, -0.25) is 0 Å². The van der Waals surface area contributed by atoms with E-state index in [9.17, 15) is 0 Å². The molecule has 1 aromatic rings. The van der Waals surface area contributed by atoms with E-state index in [1.54, 1.807) is 11.1 Å². The molecule has 0 atom stereocenters. The summed E-state index contributed by atoms with van der Waals surface area (Å²) in [6.45, 7) is 19.3. The molecule has 0 fully saturated rings. The Morgan fingerprint density at radius 3 is 1.72 bits per heavy atom. The van der Waals surface area contributed by atoms with Crippen molar-refractivity contribution in [2.75, 3.05) is 0 Å². The van der Waals surface area contributed by atoms with Gasteiger partial charge in [0.1, 0.15) is 0 Å². The van der Waals surface area contributed by atoms with Crippen LogP contribution in [0.2, 0.25) is 39.3 Å². The van der Waals surface area contributed by atoms with Crippen molar-refractivity contribution in [1.82, 2.24) is 0 Å². The van der Waals surface area contributed by atoms with Crippen molar-refractivity contribution >= 4 is 16.1 Å². The quantitative estimate of drug-likeness (QED) is 0.669. The highest BCUT2D eigenvalue weighted by Crippen LogP contribution is 2.23. The first-order valence-corrected chi connectivity index (χ1v) is 14.5. The summed E-state index contributed by atoms with van der Waals surface area (Å²) in [4.78, 5) is 0. The average molecular weight is 279 g/mol. The van der Waals surface area contributed by atoms with E-state index in [4.69, 9.17) is 0 Å². The summed E-state index contributed by atoms with van der Waals surface area (Å²) < 4.78 is 0. The molecule has 102 valence electrons. The average Bonchev–Trinajstić information content (AvgIpc) is 2.08. The lowest BCUT2D eigenvalue weighted by atomic mass is 10.0. The van der Waals surface area contributed by atoms with E-state index < -0.39 is 16.1 Å². The lowest BCUT2D eigenvalue weighted by molar-refractivity contribution is 1.16. The largest absolute Gasteiger partial charge is 0.0693 e. The maximum atomic E-state index is 2.50. The first-order valence-electron chi connectivity index (χ1n) is 7.07. The van der Waals surface area contributed by atoms with E-state index in [1.165, 1.54) is 23.2 Å². The summed E-state index contributed by atoms with van der Waals surface area (Å²) in [6.07, 6.45) is 0. The molecule has 0 heterocycles. The van der Waals surface area contributed by atoms with Gasteiger partial charge in [-0.25, -0.2) is 0 Å². The van der Waals surface area contributed by atoms with E-state index in [1.807, 2.05) is 0 Å². The van der Waals surface area contributed by atoms with E-state index in [-0.39, 0.29) is 0 Å². The summed E-state index contributed by atoms with van der Waals surface area (Å²) in [5.74, 6) is 0. The predicted octanol–water partition coefficient (Wildman–Crippen LogP) is 5.14. The van der Waals surface area contributed by atoms with Gasteiger partial charge in [0.05, 0.1) is 0 Å². The van der Waals surface area contributed by atoms with Gasteiger partial charge in [-0.05, 0) is 42.6 Å². The van der Waals surface area contributed by atoms with E-state index in [2.05, 4.69) is 65.3 Å². The van der Waals surface area contributed by atoms with Crippen molar-refractivity contribution in [3.05, 3.63) is 34.4 Å². The monoisotopic (exact) mass is 278 g/mol. The maximum absolute atomic E-state index is 2.50. The fourth-order valence-corrected chi connectivity index (χ4v) is 5.42. The van der Waals surface area contributed by atoms with Crippen LogP contribution in [-0.2, 0) is 12.1 Å². The van der Waals surface area contributed by atoms with Crippen LogP contribution in [0.25, 0.3) is 0 Å². The second-order valence-corrected chi connectivity index (χ2v) is 19.1. The van der Waals surface area contributed by atoms with Crippen LogP contribution in [0.4, 0.5) is 0 Å². The number of aryl methyl sites for hydroxylation is 1. The molecule has 0 amide bonds. The SMILES string of the molecule is Cc1cc(C[Si](C)(C)C)cc(C[Si](C)(C)C)c1C. The lowest BCUT2D eigenvalue weighted by Crippen LogP contribution is -2.26. The summed E-state index contributed by atoms with van der Waals surface area (Å²) >= 11 is 0. The summed E-state index contributed by atoms with van der Waals surface area (Å²) in [5.41, 5.74) is 6.20. The van der Waals surface area contributed by atoms with Crippen molar-refractivity contribution in [3.8, 4) is 0 Å². The fraction of sp³-hybridized carbons (Fsp3) is 0.625. The molecule has 1 aromatic carbocycles. The number of benzene rings is 1. The zero-order valence-corrected chi connectivity index (χ0v) is 15.6. The second-order valence-electron chi connectivity index (χ2n) is 8.17. The Balaban J connectivity index is 3.11. The van der Waals surface area contributed by atoms with E-state index >= 15 is 0 Å². The fourth-order valence-electron chi connectivity index (χ4n) is 2.48. The molecule has 0 unspecified atom stereocenters. The molecule has 0 spiro atoms.